The molecule has 1 unspecified atom stereocenters. The van der Waals surface area contributed by atoms with Crippen LogP contribution in [0.1, 0.15) is 33.6 Å². The maximum atomic E-state index is 2.70. The number of hydrogen-bond acceptors (Lipinski definition) is 3. The van der Waals surface area contributed by atoms with E-state index in [0.717, 1.165) is 0 Å². The van der Waals surface area contributed by atoms with Crippen molar-refractivity contribution < 1.29 is 0 Å². The van der Waals surface area contributed by atoms with Crippen molar-refractivity contribution >= 4 is 9.84 Å². The highest BCUT2D eigenvalue weighted by molar-refractivity contribution is 6.31. The number of hydrogen-bond donors (Lipinski definition) is 0. The Balaban J connectivity index is 2.39. The lowest BCUT2D eigenvalue weighted by Gasteiger charge is -2.53. The fourth-order valence-electron chi connectivity index (χ4n) is 2.22. The molecule has 1 heterocycles. The molecular formula is C10H25N3Si. The molecule has 0 amide bonds. The molecule has 3 nitrogen and oxygen atoms in total. The van der Waals surface area contributed by atoms with Crippen molar-refractivity contribution in [2.45, 2.75) is 39.9 Å². The SMILES string of the molecule is CCCCN1[SiH2]N(C)C1N(CC)CC. The van der Waals surface area contributed by atoms with Gasteiger partial charge in [0, 0.05) is 0 Å². The van der Waals surface area contributed by atoms with Gasteiger partial charge in [0.25, 0.3) is 0 Å². The van der Waals surface area contributed by atoms with Crippen molar-refractivity contribution in [2.24, 2.45) is 0 Å². The molecule has 0 aromatic carbocycles. The minimum absolute atomic E-state index is 0.0609. The number of rotatable bonds is 6. The van der Waals surface area contributed by atoms with Crippen LogP contribution >= 0.6 is 0 Å². The average molecular weight is 215 g/mol. The number of nitrogens with zero attached hydrogens (tertiary/aromatic N) is 3. The first-order valence-corrected chi connectivity index (χ1v) is 7.19. The van der Waals surface area contributed by atoms with Gasteiger partial charge in [-0.05, 0) is 33.1 Å². The third kappa shape index (κ3) is 2.57. The summed E-state index contributed by atoms with van der Waals surface area (Å²) in [6.07, 6.45) is 3.31. The molecule has 1 rings (SSSR count). The van der Waals surface area contributed by atoms with Gasteiger partial charge in [-0.25, -0.2) is 0 Å². The summed E-state index contributed by atoms with van der Waals surface area (Å²) < 4.78 is 5.26. The fraction of sp³-hybridized carbons (Fsp3) is 1.00. The lowest BCUT2D eigenvalue weighted by molar-refractivity contribution is -0.0254. The summed E-state index contributed by atoms with van der Waals surface area (Å²) in [5.41, 5.74) is 0. The fourth-order valence-corrected chi connectivity index (χ4v) is 4.12. The van der Waals surface area contributed by atoms with E-state index >= 15 is 0 Å². The standard InChI is InChI=1S/C10H25N3Si/c1-5-8-9-13-10(11(4)14-13)12(6-2)7-3/h10H,5-9,14H2,1-4H3. The van der Waals surface area contributed by atoms with Crippen LogP contribution in [0.4, 0.5) is 0 Å². The monoisotopic (exact) mass is 215 g/mol. The summed E-state index contributed by atoms with van der Waals surface area (Å²) in [6, 6.07) is 0. The molecule has 0 saturated carbocycles. The van der Waals surface area contributed by atoms with Crippen LogP contribution < -0.4 is 0 Å². The van der Waals surface area contributed by atoms with Gasteiger partial charge in [0.15, 0.2) is 9.84 Å². The zero-order chi connectivity index (χ0) is 10.6. The van der Waals surface area contributed by atoms with Crippen LogP contribution in [0.5, 0.6) is 0 Å². The molecule has 14 heavy (non-hydrogen) atoms. The Morgan fingerprint density at radius 3 is 2.29 bits per heavy atom. The van der Waals surface area contributed by atoms with E-state index in [1.807, 2.05) is 0 Å². The summed E-state index contributed by atoms with van der Waals surface area (Å²) in [5, 5.41) is 0. The molecule has 1 aliphatic rings. The molecule has 0 aromatic rings. The van der Waals surface area contributed by atoms with E-state index < -0.39 is 0 Å². The van der Waals surface area contributed by atoms with Crippen molar-refractivity contribution in [3.63, 3.8) is 0 Å². The zero-order valence-corrected chi connectivity index (χ0v) is 11.6. The van der Waals surface area contributed by atoms with Crippen LogP contribution in [0.15, 0.2) is 0 Å². The third-order valence-corrected chi connectivity index (χ3v) is 4.84. The summed E-state index contributed by atoms with van der Waals surface area (Å²) in [5.74, 6) is 0. The molecule has 0 spiro atoms. The molecule has 0 bridgehead atoms. The molecule has 0 aromatic heterocycles. The molecule has 0 N–H and O–H groups in total. The predicted octanol–water partition coefficient (Wildman–Crippen LogP) is 0.658. The van der Waals surface area contributed by atoms with Gasteiger partial charge in [0.05, 0.1) is 0 Å². The normalized spacial score (nSPS) is 25.9. The molecule has 84 valence electrons. The second kappa shape index (κ2) is 5.85. The van der Waals surface area contributed by atoms with Crippen LogP contribution in [0, 0.1) is 0 Å². The van der Waals surface area contributed by atoms with Gasteiger partial charge in [0.2, 0.25) is 0 Å². The van der Waals surface area contributed by atoms with Crippen LogP contribution in [-0.2, 0) is 0 Å². The largest absolute Gasteiger partial charge is 0.292 e. The van der Waals surface area contributed by atoms with Crippen molar-refractivity contribution in [1.29, 1.82) is 0 Å². The summed E-state index contributed by atoms with van der Waals surface area (Å²) in [7, 11) is 2.21. The Hall–Kier alpha value is 0.0969. The molecule has 1 fully saturated rings. The van der Waals surface area contributed by atoms with Gasteiger partial charge < -0.3 is 0 Å². The predicted molar refractivity (Wildman–Crippen MR) is 64.6 cm³/mol. The Morgan fingerprint density at radius 1 is 1.21 bits per heavy atom. The Morgan fingerprint density at radius 2 is 1.86 bits per heavy atom. The minimum Gasteiger partial charge on any atom is -0.292 e. The lowest BCUT2D eigenvalue weighted by Crippen LogP contribution is -2.71. The summed E-state index contributed by atoms with van der Waals surface area (Å²) in [6.45, 7) is 10.4. The highest BCUT2D eigenvalue weighted by Gasteiger charge is 2.36. The highest BCUT2D eigenvalue weighted by Crippen LogP contribution is 2.18. The first-order chi connectivity index (χ1) is 6.74. The van der Waals surface area contributed by atoms with Crippen LogP contribution in [0.25, 0.3) is 0 Å². The Labute approximate surface area is 91.0 Å². The average Bonchev–Trinajstić information content (AvgIpc) is 2.20. The van der Waals surface area contributed by atoms with Crippen LogP contribution in [-0.4, -0.2) is 56.8 Å². The highest BCUT2D eigenvalue weighted by atomic mass is 28.2. The first-order valence-electron chi connectivity index (χ1n) is 5.92. The van der Waals surface area contributed by atoms with Gasteiger partial charge >= 0.3 is 0 Å². The van der Waals surface area contributed by atoms with E-state index in [0.29, 0.717) is 6.29 Å². The smallest absolute Gasteiger partial charge is 0.177 e. The maximum absolute atomic E-state index is 2.70. The summed E-state index contributed by atoms with van der Waals surface area (Å²) >= 11 is 0. The minimum atomic E-state index is -0.0609. The summed E-state index contributed by atoms with van der Waals surface area (Å²) in [4.78, 5) is 2.55. The molecule has 1 aliphatic heterocycles. The van der Waals surface area contributed by atoms with E-state index in [1.165, 1.54) is 32.5 Å². The molecule has 1 saturated heterocycles. The third-order valence-electron chi connectivity index (χ3n) is 3.06. The maximum Gasteiger partial charge on any atom is 0.177 e. The van der Waals surface area contributed by atoms with Gasteiger partial charge in [-0.2, -0.15) is 0 Å². The molecule has 1 atom stereocenters. The molecule has 0 radical (unpaired) electrons. The van der Waals surface area contributed by atoms with Crippen molar-refractivity contribution in [3.8, 4) is 0 Å². The molecule has 4 heteroatoms. The molecule has 0 aliphatic carbocycles. The van der Waals surface area contributed by atoms with Crippen molar-refractivity contribution in [3.05, 3.63) is 0 Å². The van der Waals surface area contributed by atoms with Gasteiger partial charge in [-0.15, -0.1) is 0 Å². The molecular weight excluding hydrogens is 190 g/mol. The van der Waals surface area contributed by atoms with Gasteiger partial charge in [-0.3, -0.25) is 14.0 Å². The van der Waals surface area contributed by atoms with E-state index in [2.05, 4.69) is 41.8 Å². The van der Waals surface area contributed by atoms with Crippen molar-refractivity contribution in [2.75, 3.05) is 26.7 Å². The van der Waals surface area contributed by atoms with Crippen LogP contribution in [0.2, 0.25) is 0 Å². The zero-order valence-electron chi connectivity index (χ0n) is 10.2. The lowest BCUT2D eigenvalue weighted by atomic mass is 10.3. The van der Waals surface area contributed by atoms with E-state index in [4.69, 9.17) is 0 Å². The van der Waals surface area contributed by atoms with Crippen LogP contribution in [0.3, 0.4) is 0 Å². The second-order valence-electron chi connectivity index (χ2n) is 4.13. The van der Waals surface area contributed by atoms with E-state index in [-0.39, 0.29) is 9.84 Å². The van der Waals surface area contributed by atoms with E-state index in [9.17, 15) is 0 Å². The van der Waals surface area contributed by atoms with Gasteiger partial charge in [0.1, 0.15) is 6.29 Å². The topological polar surface area (TPSA) is 9.72 Å². The Bertz CT molecular complexity index is 161. The van der Waals surface area contributed by atoms with Gasteiger partial charge in [-0.1, -0.05) is 27.2 Å². The van der Waals surface area contributed by atoms with E-state index in [1.54, 1.807) is 0 Å². The van der Waals surface area contributed by atoms with Crippen molar-refractivity contribution in [1.82, 2.24) is 14.0 Å². The number of unbranched alkanes of at least 4 members (excludes halogenated alkanes) is 1. The Kier molecular flexibility index (Phi) is 5.09. The quantitative estimate of drug-likeness (QED) is 0.603. The second-order valence-corrected chi connectivity index (χ2v) is 6.22. The first kappa shape index (κ1) is 12.2.